The third kappa shape index (κ3) is 5.04. The van der Waals surface area contributed by atoms with Crippen molar-refractivity contribution in [1.82, 2.24) is 5.32 Å². The molecule has 0 spiro atoms. The molecule has 0 aromatic carbocycles. The Bertz CT molecular complexity index is 236. The van der Waals surface area contributed by atoms with E-state index in [1.807, 2.05) is 6.92 Å². The zero-order valence-corrected chi connectivity index (χ0v) is 10.9. The summed E-state index contributed by atoms with van der Waals surface area (Å²) in [5, 5.41) is 13.1. The Kier molecular flexibility index (Phi) is 5.92. The Labute approximate surface area is 104 Å². The molecule has 0 unspecified atom stereocenters. The second-order valence-electron chi connectivity index (χ2n) is 5.25. The van der Waals surface area contributed by atoms with Crippen LogP contribution in [0.5, 0.6) is 0 Å². The molecule has 0 radical (unpaired) electrons. The van der Waals surface area contributed by atoms with Gasteiger partial charge in [0, 0.05) is 6.54 Å². The molecule has 4 N–H and O–H groups in total. The molecule has 1 aliphatic carbocycles. The molecule has 17 heavy (non-hydrogen) atoms. The third-order valence-electron chi connectivity index (χ3n) is 3.56. The Morgan fingerprint density at radius 2 is 1.94 bits per heavy atom. The van der Waals surface area contributed by atoms with Crippen LogP contribution in [0.3, 0.4) is 0 Å². The zero-order valence-electron chi connectivity index (χ0n) is 10.9. The first kappa shape index (κ1) is 14.5. The fourth-order valence-electron chi connectivity index (χ4n) is 2.39. The molecule has 0 aromatic heterocycles. The maximum absolute atomic E-state index is 11.7. The first-order valence-corrected chi connectivity index (χ1v) is 6.83. The lowest BCUT2D eigenvalue weighted by atomic mass is 9.94. The van der Waals surface area contributed by atoms with Crippen molar-refractivity contribution in [3.63, 3.8) is 0 Å². The summed E-state index contributed by atoms with van der Waals surface area (Å²) in [5.41, 5.74) is 5.01. The minimum Gasteiger partial charge on any atom is -0.388 e. The van der Waals surface area contributed by atoms with Crippen LogP contribution in [-0.2, 0) is 4.79 Å². The van der Waals surface area contributed by atoms with Gasteiger partial charge in [-0.05, 0) is 19.3 Å². The van der Waals surface area contributed by atoms with E-state index in [0.29, 0.717) is 13.0 Å². The van der Waals surface area contributed by atoms with Crippen LogP contribution in [0, 0.1) is 0 Å². The lowest BCUT2D eigenvalue weighted by molar-refractivity contribution is -0.123. The monoisotopic (exact) mass is 242 g/mol. The molecule has 100 valence electrons. The van der Waals surface area contributed by atoms with Gasteiger partial charge >= 0.3 is 0 Å². The predicted octanol–water partition coefficient (Wildman–Crippen LogP) is 1.32. The molecule has 0 aliphatic heterocycles. The zero-order chi connectivity index (χ0) is 12.7. The summed E-state index contributed by atoms with van der Waals surface area (Å²) in [5.74, 6) is -0.135. The maximum Gasteiger partial charge on any atom is 0.237 e. The Balaban J connectivity index is 2.34. The van der Waals surface area contributed by atoms with E-state index in [2.05, 4.69) is 5.32 Å². The molecule has 0 heterocycles. The van der Waals surface area contributed by atoms with Gasteiger partial charge in [-0.2, -0.15) is 0 Å². The minimum atomic E-state index is -0.710. The van der Waals surface area contributed by atoms with Gasteiger partial charge in [-0.15, -0.1) is 0 Å². The maximum atomic E-state index is 11.7. The van der Waals surface area contributed by atoms with Gasteiger partial charge in [0.15, 0.2) is 0 Å². The molecule has 1 fully saturated rings. The van der Waals surface area contributed by atoms with Crippen molar-refractivity contribution < 1.29 is 9.90 Å². The topological polar surface area (TPSA) is 75.4 Å². The molecule has 4 nitrogen and oxygen atoms in total. The number of carbonyl (C=O) groups is 1. The smallest absolute Gasteiger partial charge is 0.237 e. The average molecular weight is 242 g/mol. The van der Waals surface area contributed by atoms with Gasteiger partial charge in [0.05, 0.1) is 11.6 Å². The van der Waals surface area contributed by atoms with Crippen LogP contribution in [-0.4, -0.2) is 29.2 Å². The van der Waals surface area contributed by atoms with Crippen molar-refractivity contribution in [1.29, 1.82) is 0 Å². The molecule has 0 aromatic rings. The summed E-state index contributed by atoms with van der Waals surface area (Å²) < 4.78 is 0. The van der Waals surface area contributed by atoms with Crippen molar-refractivity contribution in [2.24, 2.45) is 5.73 Å². The molecule has 1 amide bonds. The quantitative estimate of drug-likeness (QED) is 0.636. The van der Waals surface area contributed by atoms with Crippen molar-refractivity contribution >= 4 is 5.91 Å². The number of hydrogen-bond acceptors (Lipinski definition) is 3. The highest BCUT2D eigenvalue weighted by Gasteiger charge is 2.28. The van der Waals surface area contributed by atoms with Gasteiger partial charge < -0.3 is 16.2 Å². The van der Waals surface area contributed by atoms with Gasteiger partial charge in [-0.3, -0.25) is 4.79 Å². The lowest BCUT2D eigenvalue weighted by Gasteiger charge is -2.27. The number of amides is 1. The SMILES string of the molecule is CCC[C@H](N)C(=O)NCC1(O)CCCCCC1. The molecule has 0 bridgehead atoms. The van der Waals surface area contributed by atoms with Crippen molar-refractivity contribution in [2.45, 2.75) is 69.9 Å². The number of carbonyl (C=O) groups excluding carboxylic acids is 1. The molecule has 1 atom stereocenters. The fourth-order valence-corrected chi connectivity index (χ4v) is 2.39. The van der Waals surface area contributed by atoms with Crippen LogP contribution in [0.15, 0.2) is 0 Å². The molecular weight excluding hydrogens is 216 g/mol. The predicted molar refractivity (Wildman–Crippen MR) is 68.5 cm³/mol. The first-order valence-electron chi connectivity index (χ1n) is 6.83. The van der Waals surface area contributed by atoms with E-state index in [4.69, 9.17) is 5.73 Å². The van der Waals surface area contributed by atoms with E-state index in [-0.39, 0.29) is 5.91 Å². The number of hydrogen-bond donors (Lipinski definition) is 3. The second-order valence-corrected chi connectivity index (χ2v) is 5.25. The summed E-state index contributed by atoms with van der Waals surface area (Å²) in [7, 11) is 0. The van der Waals surface area contributed by atoms with Crippen molar-refractivity contribution in [3.05, 3.63) is 0 Å². The van der Waals surface area contributed by atoms with Gasteiger partial charge in [0.2, 0.25) is 5.91 Å². The van der Waals surface area contributed by atoms with Gasteiger partial charge in [-0.25, -0.2) is 0 Å². The summed E-state index contributed by atoms with van der Waals surface area (Å²) in [6.07, 6.45) is 7.65. The second kappa shape index (κ2) is 6.97. The van der Waals surface area contributed by atoms with E-state index in [1.165, 1.54) is 12.8 Å². The normalized spacial score (nSPS) is 21.6. The first-order chi connectivity index (χ1) is 8.07. The van der Waals surface area contributed by atoms with Crippen molar-refractivity contribution in [3.8, 4) is 0 Å². The highest BCUT2D eigenvalue weighted by molar-refractivity contribution is 5.81. The van der Waals surface area contributed by atoms with E-state index in [1.54, 1.807) is 0 Å². The summed E-state index contributed by atoms with van der Waals surface area (Å²) in [6, 6.07) is -0.436. The highest BCUT2D eigenvalue weighted by Crippen LogP contribution is 2.26. The minimum absolute atomic E-state index is 0.135. The molecule has 0 saturated heterocycles. The molecule has 1 rings (SSSR count). The molecule has 1 aliphatic rings. The largest absolute Gasteiger partial charge is 0.388 e. The molecule has 4 heteroatoms. The average Bonchev–Trinajstić information content (AvgIpc) is 2.52. The van der Waals surface area contributed by atoms with E-state index in [0.717, 1.165) is 32.1 Å². The van der Waals surface area contributed by atoms with Gasteiger partial charge in [0.25, 0.3) is 0 Å². The summed E-state index contributed by atoms with van der Waals surface area (Å²) in [4.78, 5) is 11.7. The van der Waals surface area contributed by atoms with E-state index < -0.39 is 11.6 Å². The Morgan fingerprint density at radius 1 is 1.35 bits per heavy atom. The van der Waals surface area contributed by atoms with E-state index in [9.17, 15) is 9.90 Å². The Hall–Kier alpha value is -0.610. The Morgan fingerprint density at radius 3 is 2.47 bits per heavy atom. The van der Waals surface area contributed by atoms with Crippen LogP contribution in [0.2, 0.25) is 0 Å². The number of nitrogens with one attached hydrogen (secondary N) is 1. The van der Waals surface area contributed by atoms with Gasteiger partial charge in [0.1, 0.15) is 0 Å². The van der Waals surface area contributed by atoms with Crippen LogP contribution in [0.4, 0.5) is 0 Å². The number of nitrogens with two attached hydrogens (primary N) is 1. The van der Waals surface area contributed by atoms with Crippen molar-refractivity contribution in [2.75, 3.05) is 6.54 Å². The van der Waals surface area contributed by atoms with Crippen LogP contribution >= 0.6 is 0 Å². The standard InChI is InChI=1S/C13H26N2O2/c1-2-7-11(14)12(16)15-10-13(17)8-5-3-4-6-9-13/h11,17H,2-10,14H2,1H3,(H,15,16)/t11-/m0/s1. The van der Waals surface area contributed by atoms with Crippen LogP contribution in [0.1, 0.15) is 58.3 Å². The number of rotatable bonds is 5. The highest BCUT2D eigenvalue weighted by atomic mass is 16.3. The van der Waals surface area contributed by atoms with Gasteiger partial charge in [-0.1, -0.05) is 39.0 Å². The van der Waals surface area contributed by atoms with Crippen LogP contribution in [0.25, 0.3) is 0 Å². The summed E-state index contributed by atoms with van der Waals surface area (Å²) >= 11 is 0. The summed E-state index contributed by atoms with van der Waals surface area (Å²) in [6.45, 7) is 2.36. The number of aliphatic hydroxyl groups is 1. The lowest BCUT2D eigenvalue weighted by Crippen LogP contribution is -2.48. The molecule has 1 saturated carbocycles. The molecular formula is C13H26N2O2. The fraction of sp³-hybridized carbons (Fsp3) is 0.923. The van der Waals surface area contributed by atoms with Crippen LogP contribution < -0.4 is 11.1 Å². The van der Waals surface area contributed by atoms with E-state index >= 15 is 0 Å². The third-order valence-corrected chi connectivity index (χ3v) is 3.56.